The summed E-state index contributed by atoms with van der Waals surface area (Å²) in [6, 6.07) is 12.9. The lowest BCUT2D eigenvalue weighted by Gasteiger charge is -1.95. The Morgan fingerprint density at radius 1 is 0.792 bits per heavy atom. The summed E-state index contributed by atoms with van der Waals surface area (Å²) >= 11 is 0. The van der Waals surface area contributed by atoms with Crippen molar-refractivity contribution in [2.75, 3.05) is 0 Å². The molecule has 0 spiro atoms. The van der Waals surface area contributed by atoms with E-state index < -0.39 is 11.9 Å². The number of carbonyl (C=O) groups is 2. The number of aliphatic carboxylic acids is 2. The van der Waals surface area contributed by atoms with Crippen LogP contribution in [0, 0.1) is 0 Å². The van der Waals surface area contributed by atoms with Crippen LogP contribution in [-0.4, -0.2) is 32.4 Å². The molecule has 0 fully saturated rings. The van der Waals surface area contributed by atoms with Gasteiger partial charge in [-0.25, -0.2) is 9.59 Å². The highest BCUT2D eigenvalue weighted by Crippen LogP contribution is 2.16. The maximum absolute atomic E-state index is 10.1. The number of rotatable bonds is 4. The molecule has 0 aliphatic rings. The fraction of sp³-hybridized carbons (Fsp3) is 0. The van der Waals surface area contributed by atoms with Crippen LogP contribution in [0.1, 0.15) is 11.1 Å². The maximum Gasteiger partial charge on any atom is 0.328 e. The molecule has 6 nitrogen and oxygen atoms in total. The highest BCUT2D eigenvalue weighted by molar-refractivity contribution is 5.86. The largest absolute Gasteiger partial charge is 0.508 e. The van der Waals surface area contributed by atoms with Gasteiger partial charge < -0.3 is 20.4 Å². The van der Waals surface area contributed by atoms with Crippen molar-refractivity contribution in [1.82, 2.24) is 0 Å². The van der Waals surface area contributed by atoms with Crippen LogP contribution in [0.4, 0.5) is 0 Å². The molecule has 0 bridgehead atoms. The summed E-state index contributed by atoms with van der Waals surface area (Å²) in [5.41, 5.74) is 1.16. The van der Waals surface area contributed by atoms with Crippen molar-refractivity contribution >= 4 is 24.1 Å². The molecule has 0 amide bonds. The number of phenolic OH excluding ortho intramolecular Hbond substituents is 2. The number of hydrogen-bond acceptors (Lipinski definition) is 4. The zero-order valence-electron chi connectivity index (χ0n) is 12.5. The van der Waals surface area contributed by atoms with Crippen LogP contribution in [0.3, 0.4) is 0 Å². The second kappa shape index (κ2) is 9.47. The van der Waals surface area contributed by atoms with E-state index in [1.54, 1.807) is 30.3 Å². The fourth-order valence-corrected chi connectivity index (χ4v) is 1.59. The number of benzene rings is 2. The first-order valence-electron chi connectivity index (χ1n) is 6.77. The Balaban J connectivity index is 0.000000240. The quantitative estimate of drug-likeness (QED) is 0.641. The fourth-order valence-electron chi connectivity index (χ4n) is 1.59. The highest BCUT2D eigenvalue weighted by Gasteiger charge is 1.94. The minimum Gasteiger partial charge on any atom is -0.508 e. The van der Waals surface area contributed by atoms with Crippen molar-refractivity contribution < 1.29 is 30.0 Å². The van der Waals surface area contributed by atoms with Gasteiger partial charge in [-0.3, -0.25) is 0 Å². The lowest BCUT2D eigenvalue weighted by atomic mass is 10.2. The maximum atomic E-state index is 10.1. The van der Waals surface area contributed by atoms with Gasteiger partial charge >= 0.3 is 11.9 Å². The second-order valence-electron chi connectivity index (χ2n) is 4.50. The molecule has 0 radical (unpaired) electrons. The summed E-state index contributed by atoms with van der Waals surface area (Å²) in [7, 11) is 0. The van der Waals surface area contributed by atoms with Gasteiger partial charge in [0.1, 0.15) is 11.5 Å². The Kier molecular flexibility index (Phi) is 7.30. The van der Waals surface area contributed by atoms with Crippen LogP contribution in [0.2, 0.25) is 0 Å². The number of para-hydroxylation sites is 1. The van der Waals surface area contributed by atoms with Crippen molar-refractivity contribution in [3.05, 3.63) is 71.8 Å². The molecule has 124 valence electrons. The van der Waals surface area contributed by atoms with E-state index in [4.69, 9.17) is 15.3 Å². The Morgan fingerprint density at radius 2 is 1.42 bits per heavy atom. The molecule has 0 saturated carbocycles. The Bertz CT molecular complexity index is 762. The molecule has 24 heavy (non-hydrogen) atoms. The first-order chi connectivity index (χ1) is 11.4. The molecular weight excluding hydrogens is 312 g/mol. The standard InChI is InChI=1S/2C9H8O3/c10-8-3-1-2-7(6-8)4-5-9(11)12;10-8-4-2-1-3-7(8)5-6-9(11)12/h2*1-6,10H,(H,11,12). The molecule has 2 rings (SSSR count). The van der Waals surface area contributed by atoms with Crippen molar-refractivity contribution in [2.45, 2.75) is 0 Å². The van der Waals surface area contributed by atoms with E-state index in [2.05, 4.69) is 0 Å². The summed E-state index contributed by atoms with van der Waals surface area (Å²) in [5, 5.41) is 34.8. The molecular formula is C18H16O6. The van der Waals surface area contributed by atoms with E-state index in [-0.39, 0.29) is 11.5 Å². The van der Waals surface area contributed by atoms with Crippen molar-refractivity contribution in [1.29, 1.82) is 0 Å². The number of aromatic hydroxyl groups is 2. The lowest BCUT2D eigenvalue weighted by molar-refractivity contribution is -0.132. The molecule has 4 N–H and O–H groups in total. The van der Waals surface area contributed by atoms with Crippen LogP contribution in [0.5, 0.6) is 11.5 Å². The summed E-state index contributed by atoms with van der Waals surface area (Å²) in [4.78, 5) is 20.2. The smallest absolute Gasteiger partial charge is 0.328 e. The zero-order chi connectivity index (χ0) is 17.9. The van der Waals surface area contributed by atoms with E-state index >= 15 is 0 Å². The van der Waals surface area contributed by atoms with Gasteiger partial charge in [0.2, 0.25) is 0 Å². The van der Waals surface area contributed by atoms with Gasteiger partial charge in [-0.05, 0) is 35.9 Å². The van der Waals surface area contributed by atoms with E-state index in [1.807, 2.05) is 0 Å². The van der Waals surface area contributed by atoms with Gasteiger partial charge in [-0.2, -0.15) is 0 Å². The van der Waals surface area contributed by atoms with Gasteiger partial charge in [0.25, 0.3) is 0 Å². The summed E-state index contributed by atoms with van der Waals surface area (Å²) in [6.45, 7) is 0. The predicted molar refractivity (Wildman–Crippen MR) is 89.6 cm³/mol. The molecule has 0 aromatic heterocycles. The van der Waals surface area contributed by atoms with Gasteiger partial charge in [0.15, 0.2) is 0 Å². The third-order valence-corrected chi connectivity index (χ3v) is 2.63. The van der Waals surface area contributed by atoms with Crippen LogP contribution in [0.15, 0.2) is 60.7 Å². The molecule has 0 aliphatic heterocycles. The molecule has 2 aromatic rings. The van der Waals surface area contributed by atoms with Gasteiger partial charge in [-0.1, -0.05) is 30.3 Å². The molecule has 0 aliphatic carbocycles. The molecule has 0 heterocycles. The third-order valence-electron chi connectivity index (χ3n) is 2.63. The molecule has 0 atom stereocenters. The van der Waals surface area contributed by atoms with Crippen molar-refractivity contribution in [3.63, 3.8) is 0 Å². The third kappa shape index (κ3) is 7.46. The second-order valence-corrected chi connectivity index (χ2v) is 4.50. The Labute approximate surface area is 138 Å². The molecule has 2 aromatic carbocycles. The van der Waals surface area contributed by atoms with Crippen LogP contribution in [-0.2, 0) is 9.59 Å². The lowest BCUT2D eigenvalue weighted by Crippen LogP contribution is -1.85. The Hall–Kier alpha value is -3.54. The number of carboxylic acid groups (broad SMARTS) is 2. The monoisotopic (exact) mass is 328 g/mol. The minimum atomic E-state index is -1.03. The molecule has 0 unspecified atom stereocenters. The van der Waals surface area contributed by atoms with Crippen LogP contribution in [0.25, 0.3) is 12.2 Å². The average Bonchev–Trinajstić information content (AvgIpc) is 2.53. The van der Waals surface area contributed by atoms with Gasteiger partial charge in [0, 0.05) is 17.7 Å². The first kappa shape index (κ1) is 18.5. The van der Waals surface area contributed by atoms with E-state index in [0.29, 0.717) is 11.1 Å². The topological polar surface area (TPSA) is 115 Å². The molecule has 0 saturated heterocycles. The first-order valence-corrected chi connectivity index (χ1v) is 6.77. The van der Waals surface area contributed by atoms with E-state index in [0.717, 1.165) is 12.2 Å². The number of hydrogen-bond donors (Lipinski definition) is 4. The number of carboxylic acids is 2. The predicted octanol–water partition coefficient (Wildman–Crippen LogP) is 2.98. The van der Waals surface area contributed by atoms with Crippen LogP contribution < -0.4 is 0 Å². The SMILES string of the molecule is O=C(O)C=Cc1cccc(O)c1.O=C(O)C=Cc1ccccc1O. The summed E-state index contributed by atoms with van der Waals surface area (Å²) in [5.74, 6) is -1.82. The van der Waals surface area contributed by atoms with E-state index in [1.165, 1.54) is 30.4 Å². The minimum absolute atomic E-state index is 0.0787. The van der Waals surface area contributed by atoms with Gasteiger partial charge in [-0.15, -0.1) is 0 Å². The van der Waals surface area contributed by atoms with Crippen molar-refractivity contribution in [2.24, 2.45) is 0 Å². The number of phenols is 2. The van der Waals surface area contributed by atoms with Crippen molar-refractivity contribution in [3.8, 4) is 11.5 Å². The molecule has 6 heteroatoms. The average molecular weight is 328 g/mol. The Morgan fingerprint density at radius 3 is 2.00 bits per heavy atom. The van der Waals surface area contributed by atoms with Gasteiger partial charge in [0.05, 0.1) is 0 Å². The van der Waals surface area contributed by atoms with E-state index in [9.17, 15) is 14.7 Å². The zero-order valence-corrected chi connectivity index (χ0v) is 12.5. The van der Waals surface area contributed by atoms with Crippen LogP contribution >= 0.6 is 0 Å². The summed E-state index contributed by atoms with van der Waals surface area (Å²) < 4.78 is 0. The normalized spacial score (nSPS) is 10.3. The highest BCUT2D eigenvalue weighted by atomic mass is 16.4. The summed E-state index contributed by atoms with van der Waals surface area (Å²) in [6.07, 6.45) is 4.77.